The minimum absolute atomic E-state index is 0.106. The molecule has 6 nitrogen and oxygen atoms in total. The van der Waals surface area contributed by atoms with Crippen LogP contribution in [-0.2, 0) is 4.79 Å². The van der Waals surface area contributed by atoms with Gasteiger partial charge < -0.3 is 10.4 Å². The van der Waals surface area contributed by atoms with Gasteiger partial charge in [0.2, 0.25) is 0 Å². The highest BCUT2D eigenvalue weighted by molar-refractivity contribution is 6.06. The molecule has 0 aliphatic heterocycles. The summed E-state index contributed by atoms with van der Waals surface area (Å²) in [6, 6.07) is 8.91. The standard InChI is InChI=1S/C16H12FN3O3/c17-12-7-2-1-5-10(12)14(16(22)23)19-15(21)11-6-3-4-9-8-18-20-13(9)11/h1-8,14H,(H,18,20)(H,19,21)(H,22,23). The van der Waals surface area contributed by atoms with Crippen molar-refractivity contribution in [3.63, 3.8) is 0 Å². The second-order valence-corrected chi connectivity index (χ2v) is 4.91. The van der Waals surface area contributed by atoms with E-state index >= 15 is 0 Å². The highest BCUT2D eigenvalue weighted by Gasteiger charge is 2.26. The number of hydrogen-bond donors (Lipinski definition) is 3. The van der Waals surface area contributed by atoms with Gasteiger partial charge in [-0.1, -0.05) is 30.3 Å². The number of carboxylic acid groups (broad SMARTS) is 1. The molecule has 1 heterocycles. The topological polar surface area (TPSA) is 95.1 Å². The monoisotopic (exact) mass is 313 g/mol. The molecule has 1 atom stereocenters. The average Bonchev–Trinajstić information content (AvgIpc) is 3.01. The van der Waals surface area contributed by atoms with Crippen LogP contribution in [0.5, 0.6) is 0 Å². The first-order valence-electron chi connectivity index (χ1n) is 6.78. The lowest BCUT2D eigenvalue weighted by atomic mass is 10.1. The summed E-state index contributed by atoms with van der Waals surface area (Å²) in [4.78, 5) is 23.8. The predicted molar refractivity (Wildman–Crippen MR) is 80.3 cm³/mol. The highest BCUT2D eigenvalue weighted by Crippen LogP contribution is 2.20. The fourth-order valence-electron chi connectivity index (χ4n) is 2.35. The Balaban J connectivity index is 1.95. The van der Waals surface area contributed by atoms with Crippen LogP contribution in [0.1, 0.15) is 22.0 Å². The zero-order valence-electron chi connectivity index (χ0n) is 11.8. The van der Waals surface area contributed by atoms with Crippen molar-refractivity contribution in [2.24, 2.45) is 0 Å². The van der Waals surface area contributed by atoms with Crippen LogP contribution in [0.2, 0.25) is 0 Å². The molecule has 0 fully saturated rings. The van der Waals surface area contributed by atoms with Gasteiger partial charge in [0.15, 0.2) is 6.04 Å². The van der Waals surface area contributed by atoms with Gasteiger partial charge in [-0.2, -0.15) is 5.10 Å². The quantitative estimate of drug-likeness (QED) is 0.688. The number of carbonyl (C=O) groups is 2. The first-order valence-corrected chi connectivity index (χ1v) is 6.78. The van der Waals surface area contributed by atoms with Crippen molar-refractivity contribution in [3.8, 4) is 0 Å². The Hall–Kier alpha value is -3.22. The normalized spacial score (nSPS) is 12.0. The third-order valence-corrected chi connectivity index (χ3v) is 3.46. The largest absolute Gasteiger partial charge is 0.479 e. The Labute approximate surface area is 129 Å². The SMILES string of the molecule is O=C(NC(C(=O)O)c1ccccc1F)c1cccc2cn[nH]c12. The molecule has 1 unspecified atom stereocenters. The van der Waals surface area contributed by atoms with Gasteiger partial charge in [-0.3, -0.25) is 9.89 Å². The van der Waals surface area contributed by atoms with Crippen molar-refractivity contribution < 1.29 is 19.1 Å². The number of benzene rings is 2. The molecular formula is C16H12FN3O3. The lowest BCUT2D eigenvalue weighted by molar-refractivity contribution is -0.139. The number of hydrogen-bond acceptors (Lipinski definition) is 3. The molecule has 3 rings (SSSR count). The minimum Gasteiger partial charge on any atom is -0.479 e. The number of para-hydroxylation sites is 1. The van der Waals surface area contributed by atoms with Gasteiger partial charge in [0.25, 0.3) is 5.91 Å². The molecule has 3 aromatic rings. The molecule has 0 saturated heterocycles. The number of aromatic nitrogens is 2. The Kier molecular flexibility index (Phi) is 3.76. The zero-order valence-corrected chi connectivity index (χ0v) is 11.8. The first kappa shape index (κ1) is 14.7. The summed E-state index contributed by atoms with van der Waals surface area (Å²) in [5.74, 6) is -2.67. The molecule has 3 N–H and O–H groups in total. The van der Waals surface area contributed by atoms with Crippen molar-refractivity contribution >= 4 is 22.8 Å². The Bertz CT molecular complexity index is 891. The van der Waals surface area contributed by atoms with Gasteiger partial charge in [-0.25, -0.2) is 9.18 Å². The molecule has 2 aromatic carbocycles. The number of carboxylic acids is 1. The Morgan fingerprint density at radius 3 is 2.70 bits per heavy atom. The van der Waals surface area contributed by atoms with E-state index in [0.29, 0.717) is 5.52 Å². The number of carbonyl (C=O) groups excluding carboxylic acids is 1. The average molecular weight is 313 g/mol. The maximum absolute atomic E-state index is 13.8. The van der Waals surface area contributed by atoms with Crippen LogP contribution < -0.4 is 5.32 Å². The van der Waals surface area contributed by atoms with Gasteiger partial charge in [0, 0.05) is 10.9 Å². The van der Waals surface area contributed by atoms with E-state index in [1.807, 2.05) is 0 Å². The van der Waals surface area contributed by atoms with E-state index in [1.54, 1.807) is 18.3 Å². The smallest absolute Gasteiger partial charge is 0.331 e. The van der Waals surface area contributed by atoms with Crippen LogP contribution in [0.25, 0.3) is 10.9 Å². The summed E-state index contributed by atoms with van der Waals surface area (Å²) in [5, 5.41) is 18.9. The highest BCUT2D eigenvalue weighted by atomic mass is 19.1. The molecular weight excluding hydrogens is 301 g/mol. The van der Waals surface area contributed by atoms with Crippen molar-refractivity contribution in [1.82, 2.24) is 15.5 Å². The molecule has 0 spiro atoms. The molecule has 116 valence electrons. The number of rotatable bonds is 4. The van der Waals surface area contributed by atoms with Gasteiger partial charge in [0.05, 0.1) is 17.3 Å². The zero-order chi connectivity index (χ0) is 16.4. The van der Waals surface area contributed by atoms with Crippen molar-refractivity contribution in [2.75, 3.05) is 0 Å². The van der Waals surface area contributed by atoms with Crippen LogP contribution >= 0.6 is 0 Å². The summed E-state index contributed by atoms with van der Waals surface area (Å²) >= 11 is 0. The first-order chi connectivity index (χ1) is 11.1. The number of aliphatic carboxylic acids is 1. The van der Waals surface area contributed by atoms with Gasteiger partial charge >= 0.3 is 5.97 Å². The summed E-state index contributed by atoms with van der Waals surface area (Å²) in [7, 11) is 0. The third-order valence-electron chi connectivity index (χ3n) is 3.46. The summed E-state index contributed by atoms with van der Waals surface area (Å²) in [6.45, 7) is 0. The van der Waals surface area contributed by atoms with E-state index in [9.17, 15) is 19.1 Å². The molecule has 0 radical (unpaired) electrons. The predicted octanol–water partition coefficient (Wildman–Crippen LogP) is 2.26. The third kappa shape index (κ3) is 2.76. The molecule has 1 amide bonds. The van der Waals surface area contributed by atoms with E-state index in [0.717, 1.165) is 11.5 Å². The number of fused-ring (bicyclic) bond motifs is 1. The maximum Gasteiger partial charge on any atom is 0.331 e. The molecule has 7 heteroatoms. The number of halogens is 1. The van der Waals surface area contributed by atoms with E-state index in [1.165, 1.54) is 24.3 Å². The number of nitrogens with one attached hydrogen (secondary N) is 2. The molecule has 0 aliphatic rings. The Morgan fingerprint density at radius 2 is 1.96 bits per heavy atom. The van der Waals surface area contributed by atoms with Gasteiger partial charge in [0.1, 0.15) is 5.82 Å². The molecule has 1 aromatic heterocycles. The van der Waals surface area contributed by atoms with Gasteiger partial charge in [-0.15, -0.1) is 0 Å². The van der Waals surface area contributed by atoms with Crippen LogP contribution in [0.3, 0.4) is 0 Å². The Morgan fingerprint density at radius 1 is 1.17 bits per heavy atom. The summed E-state index contributed by atoms with van der Waals surface area (Å²) in [5.41, 5.74) is 0.621. The minimum atomic E-state index is -1.48. The van der Waals surface area contributed by atoms with E-state index in [-0.39, 0.29) is 11.1 Å². The molecule has 0 saturated carbocycles. The van der Waals surface area contributed by atoms with Crippen LogP contribution in [0.4, 0.5) is 4.39 Å². The van der Waals surface area contributed by atoms with Crippen LogP contribution in [0.15, 0.2) is 48.7 Å². The number of amides is 1. The molecule has 0 aliphatic carbocycles. The number of aromatic amines is 1. The van der Waals surface area contributed by atoms with Gasteiger partial charge in [-0.05, 0) is 12.1 Å². The summed E-state index contributed by atoms with van der Waals surface area (Å²) in [6.07, 6.45) is 1.55. The lowest BCUT2D eigenvalue weighted by Gasteiger charge is -2.15. The van der Waals surface area contributed by atoms with E-state index in [4.69, 9.17) is 0 Å². The number of H-pyrrole nitrogens is 1. The summed E-state index contributed by atoms with van der Waals surface area (Å²) < 4.78 is 13.8. The van der Waals surface area contributed by atoms with Crippen molar-refractivity contribution in [3.05, 3.63) is 65.6 Å². The lowest BCUT2D eigenvalue weighted by Crippen LogP contribution is -2.34. The van der Waals surface area contributed by atoms with Crippen LogP contribution in [0, 0.1) is 5.82 Å². The molecule has 0 bridgehead atoms. The maximum atomic E-state index is 13.8. The second kappa shape index (κ2) is 5.88. The number of nitrogens with zero attached hydrogens (tertiary/aromatic N) is 1. The van der Waals surface area contributed by atoms with Crippen molar-refractivity contribution in [1.29, 1.82) is 0 Å². The molecule has 23 heavy (non-hydrogen) atoms. The van der Waals surface area contributed by atoms with Crippen molar-refractivity contribution in [2.45, 2.75) is 6.04 Å². The van der Waals surface area contributed by atoms with Crippen LogP contribution in [-0.4, -0.2) is 27.2 Å². The fraction of sp³-hybridized carbons (Fsp3) is 0.0625. The van der Waals surface area contributed by atoms with E-state index < -0.39 is 23.7 Å². The fourth-order valence-corrected chi connectivity index (χ4v) is 2.35. The van der Waals surface area contributed by atoms with E-state index in [2.05, 4.69) is 15.5 Å². The second-order valence-electron chi connectivity index (χ2n) is 4.91.